The Morgan fingerprint density at radius 1 is 1.00 bits per heavy atom. The number of benzene rings is 2. The second-order valence-corrected chi connectivity index (χ2v) is 9.31. The van der Waals surface area contributed by atoms with Crippen LogP contribution in [0.4, 0.5) is 17.3 Å². The molecule has 2 aromatic heterocycles. The average Bonchev–Trinajstić information content (AvgIpc) is 3.28. The van der Waals surface area contributed by atoms with E-state index in [2.05, 4.69) is 50.7 Å². The van der Waals surface area contributed by atoms with Gasteiger partial charge in [0, 0.05) is 42.6 Å². The van der Waals surface area contributed by atoms with Crippen LogP contribution in [0.3, 0.4) is 0 Å². The van der Waals surface area contributed by atoms with Crippen LogP contribution in [0, 0.1) is 0 Å². The van der Waals surface area contributed by atoms with Crippen molar-refractivity contribution in [3.05, 3.63) is 72.3 Å². The number of carbonyl (C=O) groups is 1. The van der Waals surface area contributed by atoms with Gasteiger partial charge < -0.3 is 20.4 Å². The van der Waals surface area contributed by atoms with E-state index in [9.17, 15) is 4.79 Å². The third-order valence-corrected chi connectivity index (χ3v) is 6.48. The lowest BCUT2D eigenvalue weighted by atomic mass is 10.0. The van der Waals surface area contributed by atoms with Crippen LogP contribution in [0.25, 0.3) is 16.9 Å². The summed E-state index contributed by atoms with van der Waals surface area (Å²) < 4.78 is 1.85. The van der Waals surface area contributed by atoms with Gasteiger partial charge in [0.25, 0.3) is 5.91 Å². The molecule has 5 rings (SSSR count). The van der Waals surface area contributed by atoms with E-state index in [1.807, 2.05) is 67.1 Å². The Kier molecular flexibility index (Phi) is 6.37. The highest BCUT2D eigenvalue weighted by atomic mass is 16.1. The summed E-state index contributed by atoms with van der Waals surface area (Å²) in [4.78, 5) is 21.7. The maximum atomic E-state index is 12.6. The van der Waals surface area contributed by atoms with Crippen molar-refractivity contribution in [2.75, 3.05) is 44.4 Å². The van der Waals surface area contributed by atoms with Crippen LogP contribution in [-0.2, 0) is 0 Å². The molecule has 8 nitrogen and oxygen atoms in total. The zero-order valence-corrected chi connectivity index (χ0v) is 20.4. The molecule has 1 aliphatic rings. The molecular formula is C27H31N7O. The number of aromatic nitrogens is 3. The van der Waals surface area contributed by atoms with Crippen LogP contribution >= 0.6 is 0 Å². The molecule has 1 fully saturated rings. The molecule has 0 aliphatic carbocycles. The van der Waals surface area contributed by atoms with Crippen molar-refractivity contribution in [2.24, 2.45) is 0 Å². The number of likely N-dealkylation sites (tertiary alicyclic amines) is 1. The molecule has 0 bridgehead atoms. The summed E-state index contributed by atoms with van der Waals surface area (Å²) in [5, 5.41) is 11.1. The lowest BCUT2D eigenvalue weighted by Gasteiger charge is -2.29. The molecule has 0 spiro atoms. The van der Waals surface area contributed by atoms with E-state index in [1.54, 1.807) is 0 Å². The number of piperidine rings is 1. The van der Waals surface area contributed by atoms with Crippen molar-refractivity contribution < 1.29 is 4.79 Å². The quantitative estimate of drug-likeness (QED) is 0.444. The molecule has 0 unspecified atom stereocenters. The zero-order valence-electron chi connectivity index (χ0n) is 20.4. The van der Waals surface area contributed by atoms with Gasteiger partial charge in [0.1, 0.15) is 0 Å². The van der Waals surface area contributed by atoms with Crippen molar-refractivity contribution in [3.63, 3.8) is 0 Å². The van der Waals surface area contributed by atoms with Gasteiger partial charge >= 0.3 is 0 Å². The maximum Gasteiger partial charge on any atom is 0.251 e. The molecule has 1 amide bonds. The molecule has 2 aromatic carbocycles. The fraction of sp³-hybridized carbons (Fsp3) is 0.296. The monoisotopic (exact) mass is 469 g/mol. The third kappa shape index (κ3) is 5.12. The molecule has 0 atom stereocenters. The smallest absolute Gasteiger partial charge is 0.251 e. The van der Waals surface area contributed by atoms with Crippen LogP contribution in [0.2, 0.25) is 0 Å². The topological polar surface area (TPSA) is 77.8 Å². The molecule has 0 radical (unpaired) electrons. The molecule has 0 saturated carbocycles. The van der Waals surface area contributed by atoms with Gasteiger partial charge in [-0.3, -0.25) is 4.79 Å². The lowest BCUT2D eigenvalue weighted by molar-refractivity contribution is 0.0917. The van der Waals surface area contributed by atoms with E-state index in [4.69, 9.17) is 5.10 Å². The number of rotatable bonds is 6. The first-order valence-electron chi connectivity index (χ1n) is 12.0. The standard InChI is InChI=1S/C27H31N7O/c1-32(2)23-7-4-6-20(18-23)24-8-5-9-25-30-27(31-34(24)25)29-21-12-10-19(11-13-21)26(35)28-22-14-16-33(3)17-15-22/h4-13,18,22H,14-17H2,1-3H3,(H,28,35)(H,29,31). The van der Waals surface area contributed by atoms with Gasteiger partial charge in [-0.1, -0.05) is 18.2 Å². The Balaban J connectivity index is 1.31. The number of anilines is 3. The van der Waals surface area contributed by atoms with E-state index >= 15 is 0 Å². The first-order chi connectivity index (χ1) is 17.0. The number of nitrogens with one attached hydrogen (secondary N) is 2. The van der Waals surface area contributed by atoms with Gasteiger partial charge in [0.2, 0.25) is 5.95 Å². The maximum absolute atomic E-state index is 12.6. The minimum absolute atomic E-state index is 0.0263. The summed E-state index contributed by atoms with van der Waals surface area (Å²) in [6.07, 6.45) is 1.98. The lowest BCUT2D eigenvalue weighted by Crippen LogP contribution is -2.43. The summed E-state index contributed by atoms with van der Waals surface area (Å²) >= 11 is 0. The number of pyridine rings is 1. The second kappa shape index (κ2) is 9.76. The summed E-state index contributed by atoms with van der Waals surface area (Å²) in [5.41, 5.74) is 5.40. The molecule has 180 valence electrons. The van der Waals surface area contributed by atoms with Crippen molar-refractivity contribution in [1.29, 1.82) is 0 Å². The summed E-state index contributed by atoms with van der Waals surface area (Å²) in [7, 11) is 6.17. The molecule has 35 heavy (non-hydrogen) atoms. The Morgan fingerprint density at radius 3 is 2.49 bits per heavy atom. The summed E-state index contributed by atoms with van der Waals surface area (Å²) in [6, 6.07) is 22.0. The average molecular weight is 470 g/mol. The highest BCUT2D eigenvalue weighted by molar-refractivity contribution is 5.94. The van der Waals surface area contributed by atoms with E-state index in [0.717, 1.165) is 54.2 Å². The van der Waals surface area contributed by atoms with Crippen LogP contribution in [-0.4, -0.2) is 65.7 Å². The largest absolute Gasteiger partial charge is 0.378 e. The molecule has 1 saturated heterocycles. The summed E-state index contributed by atoms with van der Waals surface area (Å²) in [6.45, 7) is 2.03. The number of hydrogen-bond donors (Lipinski definition) is 2. The van der Waals surface area contributed by atoms with Crippen LogP contribution in [0.15, 0.2) is 66.7 Å². The van der Waals surface area contributed by atoms with E-state index in [-0.39, 0.29) is 11.9 Å². The van der Waals surface area contributed by atoms with Crippen LogP contribution in [0.5, 0.6) is 0 Å². The summed E-state index contributed by atoms with van der Waals surface area (Å²) in [5.74, 6) is 0.478. The minimum Gasteiger partial charge on any atom is -0.378 e. The van der Waals surface area contributed by atoms with Gasteiger partial charge in [-0.2, -0.15) is 4.98 Å². The molecule has 3 heterocycles. The molecule has 1 aliphatic heterocycles. The first kappa shape index (κ1) is 22.9. The fourth-order valence-corrected chi connectivity index (χ4v) is 4.38. The van der Waals surface area contributed by atoms with E-state index in [1.165, 1.54) is 0 Å². The van der Waals surface area contributed by atoms with Gasteiger partial charge in [0.15, 0.2) is 5.65 Å². The van der Waals surface area contributed by atoms with E-state index < -0.39 is 0 Å². The van der Waals surface area contributed by atoms with Crippen LogP contribution in [0.1, 0.15) is 23.2 Å². The zero-order chi connectivity index (χ0) is 24.4. The van der Waals surface area contributed by atoms with Crippen molar-refractivity contribution in [2.45, 2.75) is 18.9 Å². The van der Waals surface area contributed by atoms with Crippen molar-refractivity contribution in [3.8, 4) is 11.3 Å². The Hall–Kier alpha value is -3.91. The Morgan fingerprint density at radius 2 is 1.74 bits per heavy atom. The van der Waals surface area contributed by atoms with Crippen molar-refractivity contribution in [1.82, 2.24) is 24.8 Å². The van der Waals surface area contributed by atoms with Crippen molar-refractivity contribution >= 4 is 28.9 Å². The number of nitrogens with zero attached hydrogens (tertiary/aromatic N) is 5. The first-order valence-corrected chi connectivity index (χ1v) is 12.0. The van der Waals surface area contributed by atoms with Gasteiger partial charge in [-0.15, -0.1) is 5.10 Å². The minimum atomic E-state index is -0.0263. The molecule has 4 aromatic rings. The van der Waals surface area contributed by atoms with Gasteiger partial charge in [-0.25, -0.2) is 4.52 Å². The van der Waals surface area contributed by atoms with Gasteiger partial charge in [-0.05, 0) is 81.5 Å². The highest BCUT2D eigenvalue weighted by Gasteiger charge is 2.19. The van der Waals surface area contributed by atoms with Gasteiger partial charge in [0.05, 0.1) is 5.69 Å². The highest BCUT2D eigenvalue weighted by Crippen LogP contribution is 2.25. The third-order valence-electron chi connectivity index (χ3n) is 6.48. The number of amides is 1. The number of fused-ring (bicyclic) bond motifs is 1. The normalized spacial score (nSPS) is 14.7. The SMILES string of the molecule is CN1CCC(NC(=O)c2ccc(Nc3nc4cccc(-c5cccc(N(C)C)c5)n4n3)cc2)CC1. The predicted molar refractivity (Wildman–Crippen MR) is 140 cm³/mol. The molecule has 2 N–H and O–H groups in total. The van der Waals surface area contributed by atoms with E-state index in [0.29, 0.717) is 11.5 Å². The predicted octanol–water partition coefficient (Wildman–Crippen LogP) is 4.03. The number of carbonyl (C=O) groups excluding carboxylic acids is 1. The second-order valence-electron chi connectivity index (χ2n) is 9.31. The Labute approximate surface area is 205 Å². The molecular weight excluding hydrogens is 438 g/mol. The Bertz CT molecular complexity index is 1320. The van der Waals surface area contributed by atoms with Crippen LogP contribution < -0.4 is 15.5 Å². The molecule has 8 heteroatoms. The number of hydrogen-bond acceptors (Lipinski definition) is 6. The fourth-order valence-electron chi connectivity index (χ4n) is 4.38.